The molecular formula is C14H20ClNO3. The molecule has 0 aromatic heterocycles. The van der Waals surface area contributed by atoms with Crippen molar-refractivity contribution in [3.05, 3.63) is 34.9 Å². The number of nitrogens with one attached hydrogen (secondary N) is 1. The van der Waals surface area contributed by atoms with Crippen molar-refractivity contribution < 1.29 is 14.6 Å². The summed E-state index contributed by atoms with van der Waals surface area (Å²) in [4.78, 5) is 0. The molecule has 1 saturated heterocycles. The van der Waals surface area contributed by atoms with Crippen molar-refractivity contribution in [3.8, 4) is 0 Å². The predicted octanol–water partition coefficient (Wildman–Crippen LogP) is 1.77. The summed E-state index contributed by atoms with van der Waals surface area (Å²) < 4.78 is 10.9. The van der Waals surface area contributed by atoms with Gasteiger partial charge in [-0.25, -0.2) is 0 Å². The fourth-order valence-corrected chi connectivity index (χ4v) is 2.51. The molecule has 2 rings (SSSR count). The van der Waals surface area contributed by atoms with E-state index in [1.807, 2.05) is 18.2 Å². The van der Waals surface area contributed by atoms with Gasteiger partial charge in [0.15, 0.2) is 0 Å². The SMILES string of the molecule is COC1(CNCC(O)c2ccccc2Cl)CCOC1. The van der Waals surface area contributed by atoms with E-state index in [1.54, 1.807) is 13.2 Å². The summed E-state index contributed by atoms with van der Waals surface area (Å²) in [5.74, 6) is 0. The molecule has 0 radical (unpaired) electrons. The Morgan fingerprint density at radius 2 is 2.32 bits per heavy atom. The Balaban J connectivity index is 1.84. The molecule has 1 fully saturated rings. The van der Waals surface area contributed by atoms with Gasteiger partial charge in [-0.3, -0.25) is 0 Å². The second-order valence-corrected chi connectivity index (χ2v) is 5.27. The lowest BCUT2D eigenvalue weighted by molar-refractivity contribution is -0.0173. The molecule has 5 heteroatoms. The Bertz CT molecular complexity index is 407. The van der Waals surface area contributed by atoms with Crippen LogP contribution in [0.15, 0.2) is 24.3 Å². The third-order valence-corrected chi connectivity index (χ3v) is 3.89. The Morgan fingerprint density at radius 1 is 1.53 bits per heavy atom. The quantitative estimate of drug-likeness (QED) is 0.836. The highest BCUT2D eigenvalue weighted by Crippen LogP contribution is 2.23. The van der Waals surface area contributed by atoms with Gasteiger partial charge in [-0.1, -0.05) is 29.8 Å². The Morgan fingerprint density at radius 3 is 2.95 bits per heavy atom. The summed E-state index contributed by atoms with van der Waals surface area (Å²) in [6.07, 6.45) is 0.253. The van der Waals surface area contributed by atoms with E-state index in [2.05, 4.69) is 5.32 Å². The molecule has 19 heavy (non-hydrogen) atoms. The van der Waals surface area contributed by atoms with Crippen molar-refractivity contribution in [3.63, 3.8) is 0 Å². The van der Waals surface area contributed by atoms with E-state index in [4.69, 9.17) is 21.1 Å². The zero-order chi connectivity index (χ0) is 13.7. The van der Waals surface area contributed by atoms with E-state index < -0.39 is 6.10 Å². The number of halogens is 1. The summed E-state index contributed by atoms with van der Waals surface area (Å²) in [6, 6.07) is 7.33. The number of aliphatic hydroxyl groups is 1. The van der Waals surface area contributed by atoms with Crippen LogP contribution in [0, 0.1) is 0 Å². The van der Waals surface area contributed by atoms with Crippen molar-refractivity contribution in [2.24, 2.45) is 0 Å². The Kier molecular flexibility index (Phi) is 5.19. The molecule has 1 aromatic rings. The van der Waals surface area contributed by atoms with Crippen LogP contribution in [0.3, 0.4) is 0 Å². The number of hydrogen-bond donors (Lipinski definition) is 2. The minimum Gasteiger partial charge on any atom is -0.387 e. The third-order valence-electron chi connectivity index (χ3n) is 3.55. The molecule has 2 atom stereocenters. The van der Waals surface area contributed by atoms with Gasteiger partial charge in [0.1, 0.15) is 5.60 Å². The van der Waals surface area contributed by atoms with Crippen LogP contribution >= 0.6 is 11.6 Å². The first-order chi connectivity index (χ1) is 9.17. The molecule has 2 unspecified atom stereocenters. The highest BCUT2D eigenvalue weighted by Gasteiger charge is 2.34. The first kappa shape index (κ1) is 14.8. The van der Waals surface area contributed by atoms with E-state index >= 15 is 0 Å². The van der Waals surface area contributed by atoms with E-state index in [-0.39, 0.29) is 5.60 Å². The molecule has 1 aliphatic rings. The van der Waals surface area contributed by atoms with Gasteiger partial charge < -0.3 is 19.9 Å². The van der Waals surface area contributed by atoms with Crippen LogP contribution in [0.5, 0.6) is 0 Å². The van der Waals surface area contributed by atoms with Gasteiger partial charge in [-0.05, 0) is 6.07 Å². The zero-order valence-electron chi connectivity index (χ0n) is 11.1. The summed E-state index contributed by atoms with van der Waals surface area (Å²) in [6.45, 7) is 2.42. The minimum absolute atomic E-state index is 0.264. The van der Waals surface area contributed by atoms with E-state index in [0.29, 0.717) is 24.7 Å². The maximum Gasteiger partial charge on any atom is 0.106 e. The zero-order valence-corrected chi connectivity index (χ0v) is 11.8. The van der Waals surface area contributed by atoms with Crippen molar-refractivity contribution in [1.82, 2.24) is 5.32 Å². The van der Waals surface area contributed by atoms with Crippen molar-refractivity contribution in [2.75, 3.05) is 33.4 Å². The molecule has 0 spiro atoms. The highest BCUT2D eigenvalue weighted by molar-refractivity contribution is 6.31. The standard InChI is InChI=1S/C14H20ClNO3/c1-18-14(6-7-19-10-14)9-16-8-13(17)11-4-2-3-5-12(11)15/h2-5,13,16-17H,6-10H2,1H3. The Hall–Kier alpha value is -0.650. The van der Waals surface area contributed by atoms with Crippen molar-refractivity contribution in [1.29, 1.82) is 0 Å². The van der Waals surface area contributed by atoms with E-state index in [1.165, 1.54) is 0 Å². The number of benzene rings is 1. The summed E-state index contributed by atoms with van der Waals surface area (Å²) >= 11 is 6.05. The molecular weight excluding hydrogens is 266 g/mol. The Labute approximate surface area is 118 Å². The van der Waals surface area contributed by atoms with Crippen LogP contribution in [-0.2, 0) is 9.47 Å². The number of hydrogen-bond acceptors (Lipinski definition) is 4. The second-order valence-electron chi connectivity index (χ2n) is 4.86. The molecule has 0 amide bonds. The number of ether oxygens (including phenoxy) is 2. The number of methoxy groups -OCH3 is 1. The average Bonchev–Trinajstić information content (AvgIpc) is 2.88. The van der Waals surface area contributed by atoms with Gasteiger partial charge >= 0.3 is 0 Å². The molecule has 1 aromatic carbocycles. The number of rotatable bonds is 6. The molecule has 0 aliphatic carbocycles. The molecule has 0 bridgehead atoms. The maximum atomic E-state index is 10.1. The van der Waals surface area contributed by atoms with Gasteiger partial charge in [0.2, 0.25) is 0 Å². The lowest BCUT2D eigenvalue weighted by Gasteiger charge is -2.26. The van der Waals surface area contributed by atoms with Gasteiger partial charge in [0.05, 0.1) is 12.7 Å². The monoisotopic (exact) mass is 285 g/mol. The van der Waals surface area contributed by atoms with E-state index in [0.717, 1.165) is 18.6 Å². The fraction of sp³-hybridized carbons (Fsp3) is 0.571. The van der Waals surface area contributed by atoms with Crippen LogP contribution in [-0.4, -0.2) is 44.1 Å². The molecule has 1 aliphatic heterocycles. The summed E-state index contributed by atoms with van der Waals surface area (Å²) in [5, 5.41) is 13.9. The molecule has 2 N–H and O–H groups in total. The van der Waals surface area contributed by atoms with Crippen molar-refractivity contribution >= 4 is 11.6 Å². The maximum absolute atomic E-state index is 10.1. The third kappa shape index (κ3) is 3.68. The fourth-order valence-electron chi connectivity index (χ4n) is 2.25. The lowest BCUT2D eigenvalue weighted by atomic mass is 10.0. The largest absolute Gasteiger partial charge is 0.387 e. The van der Waals surface area contributed by atoms with Crippen LogP contribution in [0.2, 0.25) is 5.02 Å². The van der Waals surface area contributed by atoms with Crippen LogP contribution in [0.4, 0.5) is 0 Å². The smallest absolute Gasteiger partial charge is 0.106 e. The topological polar surface area (TPSA) is 50.7 Å². The lowest BCUT2D eigenvalue weighted by Crippen LogP contribution is -2.44. The minimum atomic E-state index is -0.620. The van der Waals surface area contributed by atoms with Crippen LogP contribution < -0.4 is 5.32 Å². The van der Waals surface area contributed by atoms with Crippen LogP contribution in [0.25, 0.3) is 0 Å². The molecule has 4 nitrogen and oxygen atoms in total. The first-order valence-corrected chi connectivity index (χ1v) is 6.81. The van der Waals surface area contributed by atoms with Gasteiger partial charge in [0.25, 0.3) is 0 Å². The molecule has 106 valence electrons. The number of aliphatic hydroxyl groups excluding tert-OH is 1. The summed E-state index contributed by atoms with van der Waals surface area (Å²) in [7, 11) is 1.70. The van der Waals surface area contributed by atoms with Gasteiger partial charge in [-0.15, -0.1) is 0 Å². The predicted molar refractivity (Wildman–Crippen MR) is 74.5 cm³/mol. The normalized spacial score (nSPS) is 24.6. The molecule has 1 heterocycles. The first-order valence-electron chi connectivity index (χ1n) is 6.43. The highest BCUT2D eigenvalue weighted by atomic mass is 35.5. The van der Waals surface area contributed by atoms with E-state index in [9.17, 15) is 5.11 Å². The van der Waals surface area contributed by atoms with Gasteiger partial charge in [-0.2, -0.15) is 0 Å². The molecule has 0 saturated carbocycles. The van der Waals surface area contributed by atoms with Gasteiger partial charge in [0, 0.05) is 43.8 Å². The second kappa shape index (κ2) is 6.68. The average molecular weight is 286 g/mol. The van der Waals surface area contributed by atoms with Crippen molar-refractivity contribution in [2.45, 2.75) is 18.1 Å². The van der Waals surface area contributed by atoms with Crippen LogP contribution in [0.1, 0.15) is 18.1 Å². The summed E-state index contributed by atoms with van der Waals surface area (Å²) in [5.41, 5.74) is 0.478.